The second-order valence-electron chi connectivity index (χ2n) is 4.81. The Hall–Kier alpha value is -2.82. The highest BCUT2D eigenvalue weighted by Crippen LogP contribution is 2.17. The van der Waals surface area contributed by atoms with Gasteiger partial charge in [-0.2, -0.15) is 0 Å². The van der Waals surface area contributed by atoms with Crippen LogP contribution in [0.5, 0.6) is 5.75 Å². The van der Waals surface area contributed by atoms with Crippen molar-refractivity contribution in [3.05, 3.63) is 60.2 Å². The van der Waals surface area contributed by atoms with Crippen LogP contribution >= 0.6 is 0 Å². The number of hydrogen-bond donors (Lipinski definition) is 2. The molecule has 3 rings (SSSR count). The molecule has 0 unspecified atom stereocenters. The van der Waals surface area contributed by atoms with Gasteiger partial charge >= 0.3 is 0 Å². The van der Waals surface area contributed by atoms with Crippen molar-refractivity contribution in [1.82, 2.24) is 5.32 Å². The fraction of sp³-hybridized carbons (Fsp3) is 0.176. The SMILES string of the molecule is O=C(COc1cccc(NC2=NCCN2)c1)c1cc[c]cc1. The Balaban J connectivity index is 1.59. The molecule has 2 aromatic rings. The smallest absolute Gasteiger partial charge is 0.200 e. The van der Waals surface area contributed by atoms with Crippen LogP contribution in [0.3, 0.4) is 0 Å². The number of Topliss-reactive ketones (excluding diaryl/α,β-unsaturated/α-hetero) is 1. The third-order valence-corrected chi connectivity index (χ3v) is 3.18. The molecule has 111 valence electrons. The largest absolute Gasteiger partial charge is 0.485 e. The second kappa shape index (κ2) is 6.76. The summed E-state index contributed by atoms with van der Waals surface area (Å²) in [5.41, 5.74) is 1.49. The van der Waals surface area contributed by atoms with Crippen molar-refractivity contribution in [3.63, 3.8) is 0 Å². The molecule has 0 aliphatic carbocycles. The number of benzene rings is 2. The molecule has 0 spiro atoms. The lowest BCUT2D eigenvalue weighted by atomic mass is 10.1. The number of hydrogen-bond acceptors (Lipinski definition) is 5. The van der Waals surface area contributed by atoms with Gasteiger partial charge in [0.1, 0.15) is 5.75 Å². The minimum absolute atomic E-state index is 0.00661. The van der Waals surface area contributed by atoms with Crippen molar-refractivity contribution in [2.24, 2.45) is 4.99 Å². The van der Waals surface area contributed by atoms with E-state index in [1.165, 1.54) is 0 Å². The van der Waals surface area contributed by atoms with Gasteiger partial charge < -0.3 is 15.4 Å². The Labute approximate surface area is 129 Å². The number of nitrogens with zero attached hydrogens (tertiary/aromatic N) is 1. The van der Waals surface area contributed by atoms with Gasteiger partial charge in [0.25, 0.3) is 0 Å². The number of nitrogens with one attached hydrogen (secondary N) is 2. The van der Waals surface area contributed by atoms with E-state index in [0.29, 0.717) is 11.3 Å². The first-order valence-corrected chi connectivity index (χ1v) is 7.09. The lowest BCUT2D eigenvalue weighted by Crippen LogP contribution is -2.26. The highest BCUT2D eigenvalue weighted by molar-refractivity contribution is 5.97. The van der Waals surface area contributed by atoms with Gasteiger partial charge in [-0.3, -0.25) is 9.79 Å². The van der Waals surface area contributed by atoms with Gasteiger partial charge in [-0.15, -0.1) is 0 Å². The summed E-state index contributed by atoms with van der Waals surface area (Å²) in [5, 5.41) is 6.31. The van der Waals surface area contributed by atoms with E-state index in [9.17, 15) is 4.79 Å². The number of carbonyl (C=O) groups excluding carboxylic acids is 1. The molecule has 0 bridgehead atoms. The van der Waals surface area contributed by atoms with Crippen LogP contribution in [-0.4, -0.2) is 31.4 Å². The molecule has 0 fully saturated rings. The van der Waals surface area contributed by atoms with Gasteiger partial charge in [-0.1, -0.05) is 30.3 Å². The van der Waals surface area contributed by atoms with Crippen molar-refractivity contribution >= 4 is 17.4 Å². The number of ketones is 1. The zero-order chi connectivity index (χ0) is 15.2. The van der Waals surface area contributed by atoms with Crippen molar-refractivity contribution in [2.75, 3.05) is 25.0 Å². The molecule has 0 aromatic heterocycles. The van der Waals surface area contributed by atoms with E-state index in [4.69, 9.17) is 4.74 Å². The molecule has 22 heavy (non-hydrogen) atoms. The molecule has 2 N–H and O–H groups in total. The first kappa shape index (κ1) is 14.1. The average Bonchev–Trinajstić information content (AvgIpc) is 3.07. The molecule has 1 radical (unpaired) electrons. The summed E-state index contributed by atoms with van der Waals surface area (Å²) < 4.78 is 5.57. The molecular formula is C17H16N3O2. The quantitative estimate of drug-likeness (QED) is 0.829. The second-order valence-corrected chi connectivity index (χ2v) is 4.81. The maximum atomic E-state index is 12.0. The molecule has 5 heteroatoms. The van der Waals surface area contributed by atoms with E-state index in [-0.39, 0.29) is 12.4 Å². The summed E-state index contributed by atoms with van der Waals surface area (Å²) in [6.07, 6.45) is 0. The van der Waals surface area contributed by atoms with Gasteiger partial charge in [0.2, 0.25) is 0 Å². The number of aliphatic imine (C=N–C) groups is 1. The topological polar surface area (TPSA) is 62.7 Å². The fourth-order valence-corrected chi connectivity index (χ4v) is 2.09. The van der Waals surface area contributed by atoms with E-state index in [1.807, 2.05) is 24.3 Å². The number of rotatable bonds is 5. The Morgan fingerprint density at radius 2 is 2.18 bits per heavy atom. The number of carbonyl (C=O) groups is 1. The highest BCUT2D eigenvalue weighted by atomic mass is 16.5. The zero-order valence-corrected chi connectivity index (χ0v) is 12.0. The lowest BCUT2D eigenvalue weighted by molar-refractivity contribution is 0.0921. The predicted molar refractivity (Wildman–Crippen MR) is 85.5 cm³/mol. The summed E-state index contributed by atoms with van der Waals surface area (Å²) in [5.74, 6) is 1.34. The number of anilines is 1. The summed E-state index contributed by atoms with van der Waals surface area (Å²) >= 11 is 0. The predicted octanol–water partition coefficient (Wildman–Crippen LogP) is 2.12. The van der Waals surface area contributed by atoms with Crippen LogP contribution in [0.15, 0.2) is 53.5 Å². The highest BCUT2D eigenvalue weighted by Gasteiger charge is 2.08. The minimum Gasteiger partial charge on any atom is -0.485 e. The first-order valence-electron chi connectivity index (χ1n) is 7.09. The fourth-order valence-electron chi connectivity index (χ4n) is 2.09. The van der Waals surface area contributed by atoms with Gasteiger partial charge in [-0.25, -0.2) is 0 Å². The van der Waals surface area contributed by atoms with Crippen LogP contribution in [0.25, 0.3) is 0 Å². The van der Waals surface area contributed by atoms with Crippen LogP contribution in [0, 0.1) is 6.07 Å². The monoisotopic (exact) mass is 294 g/mol. The Morgan fingerprint density at radius 3 is 2.95 bits per heavy atom. The molecule has 0 saturated heterocycles. The van der Waals surface area contributed by atoms with E-state index >= 15 is 0 Å². The first-order chi connectivity index (χ1) is 10.8. The van der Waals surface area contributed by atoms with E-state index < -0.39 is 0 Å². The number of guanidine groups is 1. The maximum absolute atomic E-state index is 12.0. The van der Waals surface area contributed by atoms with Crippen molar-refractivity contribution < 1.29 is 9.53 Å². The van der Waals surface area contributed by atoms with Crippen molar-refractivity contribution in [3.8, 4) is 5.75 Å². The summed E-state index contributed by atoms with van der Waals surface area (Å²) in [6, 6.07) is 17.2. The molecule has 1 aliphatic rings. The molecule has 1 aliphatic heterocycles. The van der Waals surface area contributed by atoms with Crippen LogP contribution < -0.4 is 15.4 Å². The van der Waals surface area contributed by atoms with Gasteiger partial charge in [0.05, 0.1) is 6.54 Å². The normalized spacial score (nSPS) is 13.2. The van der Waals surface area contributed by atoms with Crippen LogP contribution in [0.2, 0.25) is 0 Å². The van der Waals surface area contributed by atoms with Crippen molar-refractivity contribution in [1.29, 1.82) is 0 Å². The van der Waals surface area contributed by atoms with Gasteiger partial charge in [0.15, 0.2) is 18.3 Å². The molecular weight excluding hydrogens is 278 g/mol. The van der Waals surface area contributed by atoms with E-state index in [2.05, 4.69) is 21.7 Å². The summed E-state index contributed by atoms with van der Waals surface area (Å²) in [4.78, 5) is 16.3. The number of ether oxygens (including phenoxy) is 1. The third kappa shape index (κ3) is 3.63. The molecule has 1 heterocycles. The Kier molecular flexibility index (Phi) is 4.34. The lowest BCUT2D eigenvalue weighted by Gasteiger charge is -2.09. The van der Waals surface area contributed by atoms with E-state index in [1.54, 1.807) is 24.3 Å². The molecule has 0 atom stereocenters. The molecule has 0 amide bonds. The molecule has 2 aromatic carbocycles. The summed E-state index contributed by atoms with van der Waals surface area (Å²) in [7, 11) is 0. The Bertz CT molecular complexity index is 683. The van der Waals surface area contributed by atoms with E-state index in [0.717, 1.165) is 24.7 Å². The van der Waals surface area contributed by atoms with Gasteiger partial charge in [-0.05, 0) is 18.2 Å². The molecule has 5 nitrogen and oxygen atoms in total. The van der Waals surface area contributed by atoms with Crippen LogP contribution in [-0.2, 0) is 0 Å². The zero-order valence-electron chi connectivity index (χ0n) is 12.0. The van der Waals surface area contributed by atoms with Crippen LogP contribution in [0.1, 0.15) is 10.4 Å². The third-order valence-electron chi connectivity index (χ3n) is 3.18. The average molecular weight is 294 g/mol. The standard InChI is InChI=1S/C17H16N3O2/c21-16(13-5-2-1-3-6-13)12-22-15-8-4-7-14(11-15)20-17-18-9-10-19-17/h2-8,11H,9-10,12H2,(H2,18,19,20). The summed E-state index contributed by atoms with van der Waals surface area (Å²) in [6.45, 7) is 1.63. The molecule has 0 saturated carbocycles. The van der Waals surface area contributed by atoms with Gasteiger partial charge in [0, 0.05) is 23.9 Å². The van der Waals surface area contributed by atoms with Crippen molar-refractivity contribution in [2.45, 2.75) is 0 Å². The Morgan fingerprint density at radius 1 is 1.32 bits per heavy atom. The minimum atomic E-state index is -0.0609. The van der Waals surface area contributed by atoms with Crippen LogP contribution in [0.4, 0.5) is 5.69 Å². The maximum Gasteiger partial charge on any atom is 0.200 e.